The number of benzene rings is 2. The van der Waals surface area contributed by atoms with Crippen LogP contribution in [0.1, 0.15) is 22.3 Å². The van der Waals surface area contributed by atoms with E-state index in [-0.39, 0.29) is 17.2 Å². The van der Waals surface area contributed by atoms with Gasteiger partial charge in [0.15, 0.2) is 0 Å². The third kappa shape index (κ3) is 2.25. The van der Waals surface area contributed by atoms with Crippen LogP contribution in [0.4, 0.5) is 0 Å². The standard InChI is InChI=1S/C15H16O3/c1-9-7-12(15(18)10(2)14(9)17)8-11-3-5-13(16)6-4-11/h3-7,16-18H,8H2,1-2H3. The van der Waals surface area contributed by atoms with Crippen molar-refractivity contribution in [2.45, 2.75) is 20.3 Å². The van der Waals surface area contributed by atoms with E-state index < -0.39 is 0 Å². The van der Waals surface area contributed by atoms with E-state index in [1.165, 1.54) is 0 Å². The summed E-state index contributed by atoms with van der Waals surface area (Å²) >= 11 is 0. The lowest BCUT2D eigenvalue weighted by molar-refractivity contribution is 0.437. The molecule has 3 nitrogen and oxygen atoms in total. The Hall–Kier alpha value is -2.16. The molecule has 3 heteroatoms. The second-order valence-electron chi connectivity index (χ2n) is 4.52. The SMILES string of the molecule is Cc1cc(Cc2ccc(O)cc2)c(O)c(C)c1O. The Morgan fingerprint density at radius 1 is 0.889 bits per heavy atom. The minimum absolute atomic E-state index is 0.131. The van der Waals surface area contributed by atoms with Gasteiger partial charge in [-0.2, -0.15) is 0 Å². The van der Waals surface area contributed by atoms with E-state index >= 15 is 0 Å². The molecule has 0 aliphatic rings. The van der Waals surface area contributed by atoms with Crippen molar-refractivity contribution < 1.29 is 15.3 Å². The summed E-state index contributed by atoms with van der Waals surface area (Å²) in [5.41, 5.74) is 3.02. The van der Waals surface area contributed by atoms with Crippen molar-refractivity contribution >= 4 is 0 Å². The molecule has 0 bridgehead atoms. The second-order valence-corrected chi connectivity index (χ2v) is 4.52. The minimum Gasteiger partial charge on any atom is -0.508 e. The van der Waals surface area contributed by atoms with Gasteiger partial charge in [0.25, 0.3) is 0 Å². The molecular weight excluding hydrogens is 228 g/mol. The molecule has 0 atom stereocenters. The molecule has 2 rings (SSSR count). The summed E-state index contributed by atoms with van der Waals surface area (Å²) in [6.07, 6.45) is 0.564. The smallest absolute Gasteiger partial charge is 0.125 e. The van der Waals surface area contributed by atoms with E-state index in [0.29, 0.717) is 12.0 Å². The molecule has 3 N–H and O–H groups in total. The Labute approximate surface area is 106 Å². The third-order valence-corrected chi connectivity index (χ3v) is 3.11. The van der Waals surface area contributed by atoms with Gasteiger partial charge in [-0.15, -0.1) is 0 Å². The van der Waals surface area contributed by atoms with Crippen molar-refractivity contribution in [3.8, 4) is 17.2 Å². The summed E-state index contributed by atoms with van der Waals surface area (Å²) in [6.45, 7) is 3.50. The Kier molecular flexibility index (Phi) is 3.15. The largest absolute Gasteiger partial charge is 0.508 e. The fraction of sp³-hybridized carbons (Fsp3) is 0.200. The topological polar surface area (TPSA) is 60.7 Å². The van der Waals surface area contributed by atoms with E-state index in [4.69, 9.17) is 0 Å². The highest BCUT2D eigenvalue weighted by Crippen LogP contribution is 2.34. The first kappa shape index (κ1) is 12.3. The zero-order valence-electron chi connectivity index (χ0n) is 10.4. The fourth-order valence-corrected chi connectivity index (χ4v) is 2.02. The Balaban J connectivity index is 2.38. The maximum Gasteiger partial charge on any atom is 0.125 e. The first-order chi connectivity index (χ1) is 8.49. The summed E-state index contributed by atoms with van der Waals surface area (Å²) in [5.74, 6) is 0.495. The number of phenols is 3. The van der Waals surface area contributed by atoms with Crippen LogP contribution in [0.3, 0.4) is 0 Å². The summed E-state index contributed by atoms with van der Waals surface area (Å²) in [4.78, 5) is 0. The van der Waals surface area contributed by atoms with Gasteiger partial charge in [0.05, 0.1) is 0 Å². The predicted molar refractivity (Wildman–Crippen MR) is 70.2 cm³/mol. The normalized spacial score (nSPS) is 10.6. The van der Waals surface area contributed by atoms with Crippen molar-refractivity contribution in [2.75, 3.05) is 0 Å². The van der Waals surface area contributed by atoms with Crippen LogP contribution in [0.15, 0.2) is 30.3 Å². The average molecular weight is 244 g/mol. The molecular formula is C15H16O3. The van der Waals surface area contributed by atoms with Crippen molar-refractivity contribution in [1.82, 2.24) is 0 Å². The lowest BCUT2D eigenvalue weighted by atomic mass is 9.98. The number of hydrogen-bond donors (Lipinski definition) is 3. The molecule has 0 saturated heterocycles. The minimum atomic E-state index is 0.131. The highest BCUT2D eigenvalue weighted by atomic mass is 16.3. The van der Waals surface area contributed by atoms with Crippen LogP contribution in [0.25, 0.3) is 0 Å². The van der Waals surface area contributed by atoms with Gasteiger partial charge in [-0.3, -0.25) is 0 Å². The Morgan fingerprint density at radius 3 is 2.11 bits per heavy atom. The van der Waals surface area contributed by atoms with E-state index in [1.54, 1.807) is 25.1 Å². The molecule has 0 aromatic heterocycles. The van der Waals surface area contributed by atoms with Gasteiger partial charge in [-0.1, -0.05) is 12.1 Å². The van der Waals surface area contributed by atoms with Crippen LogP contribution in [0, 0.1) is 13.8 Å². The van der Waals surface area contributed by atoms with Crippen molar-refractivity contribution in [3.05, 3.63) is 52.6 Å². The zero-order valence-corrected chi connectivity index (χ0v) is 10.4. The maximum atomic E-state index is 10.0. The molecule has 94 valence electrons. The number of rotatable bonds is 2. The molecule has 0 saturated carbocycles. The molecule has 0 aliphatic carbocycles. The predicted octanol–water partition coefficient (Wildman–Crippen LogP) is 3.01. The van der Waals surface area contributed by atoms with Crippen molar-refractivity contribution in [1.29, 1.82) is 0 Å². The maximum absolute atomic E-state index is 10.0. The highest BCUT2D eigenvalue weighted by molar-refractivity contribution is 5.53. The Morgan fingerprint density at radius 2 is 1.50 bits per heavy atom. The lowest BCUT2D eigenvalue weighted by Gasteiger charge is -2.11. The van der Waals surface area contributed by atoms with Gasteiger partial charge >= 0.3 is 0 Å². The number of phenolic OH excluding ortho intramolecular Hbond substituents is 3. The van der Waals surface area contributed by atoms with Crippen molar-refractivity contribution in [3.63, 3.8) is 0 Å². The van der Waals surface area contributed by atoms with E-state index in [9.17, 15) is 15.3 Å². The van der Waals surface area contributed by atoms with Gasteiger partial charge in [-0.05, 0) is 48.7 Å². The summed E-state index contributed by atoms with van der Waals surface area (Å²) in [5, 5.41) is 28.9. The van der Waals surface area contributed by atoms with Crippen LogP contribution < -0.4 is 0 Å². The molecule has 0 unspecified atom stereocenters. The average Bonchev–Trinajstić information content (AvgIpc) is 2.36. The summed E-state index contributed by atoms with van der Waals surface area (Å²) < 4.78 is 0. The quantitative estimate of drug-likeness (QED) is 0.761. The number of aryl methyl sites for hydroxylation is 1. The van der Waals surface area contributed by atoms with Crippen LogP contribution in [-0.4, -0.2) is 15.3 Å². The second kappa shape index (κ2) is 4.61. The highest BCUT2D eigenvalue weighted by Gasteiger charge is 2.11. The van der Waals surface area contributed by atoms with Crippen LogP contribution >= 0.6 is 0 Å². The molecule has 0 radical (unpaired) electrons. The van der Waals surface area contributed by atoms with Crippen LogP contribution in [0.5, 0.6) is 17.2 Å². The van der Waals surface area contributed by atoms with Gasteiger partial charge in [0, 0.05) is 12.0 Å². The van der Waals surface area contributed by atoms with E-state index in [1.807, 2.05) is 19.1 Å². The number of aromatic hydroxyl groups is 3. The van der Waals surface area contributed by atoms with Gasteiger partial charge in [-0.25, -0.2) is 0 Å². The molecule has 2 aromatic rings. The molecule has 2 aromatic carbocycles. The number of hydrogen-bond acceptors (Lipinski definition) is 3. The van der Waals surface area contributed by atoms with Crippen LogP contribution in [0.2, 0.25) is 0 Å². The first-order valence-electron chi connectivity index (χ1n) is 5.78. The summed E-state index contributed by atoms with van der Waals surface area (Å²) in [7, 11) is 0. The zero-order chi connectivity index (χ0) is 13.3. The third-order valence-electron chi connectivity index (χ3n) is 3.11. The molecule has 0 heterocycles. The monoisotopic (exact) mass is 244 g/mol. The molecule has 0 spiro atoms. The molecule has 18 heavy (non-hydrogen) atoms. The van der Waals surface area contributed by atoms with E-state index in [0.717, 1.165) is 16.7 Å². The lowest BCUT2D eigenvalue weighted by Crippen LogP contribution is -1.93. The van der Waals surface area contributed by atoms with Crippen molar-refractivity contribution in [2.24, 2.45) is 0 Å². The molecule has 0 fully saturated rings. The fourth-order valence-electron chi connectivity index (χ4n) is 2.02. The van der Waals surface area contributed by atoms with E-state index in [2.05, 4.69) is 0 Å². The van der Waals surface area contributed by atoms with Gasteiger partial charge in [0.2, 0.25) is 0 Å². The Bertz CT molecular complexity index is 571. The van der Waals surface area contributed by atoms with Crippen LogP contribution in [-0.2, 0) is 6.42 Å². The molecule has 0 amide bonds. The first-order valence-corrected chi connectivity index (χ1v) is 5.78. The van der Waals surface area contributed by atoms with Gasteiger partial charge < -0.3 is 15.3 Å². The van der Waals surface area contributed by atoms with Gasteiger partial charge in [0.1, 0.15) is 17.2 Å². The molecule has 0 aliphatic heterocycles. The summed E-state index contributed by atoms with van der Waals surface area (Å²) in [6, 6.07) is 8.64.